The smallest absolute Gasteiger partial charge is 0.0891 e. The van der Waals surface area contributed by atoms with Crippen molar-refractivity contribution in [3.05, 3.63) is 29.6 Å². The van der Waals surface area contributed by atoms with E-state index in [1.54, 1.807) is 0 Å². The maximum absolute atomic E-state index is 5.69. The van der Waals surface area contributed by atoms with Crippen molar-refractivity contribution >= 4 is 0 Å². The van der Waals surface area contributed by atoms with E-state index >= 15 is 0 Å². The Labute approximate surface area is 111 Å². The first-order valence-corrected chi connectivity index (χ1v) is 6.72. The fraction of sp³-hybridized carbons (Fsp3) is 0.667. The molecule has 0 spiro atoms. The van der Waals surface area contributed by atoms with E-state index in [0.29, 0.717) is 12.7 Å². The van der Waals surface area contributed by atoms with Gasteiger partial charge in [-0.25, -0.2) is 0 Å². The third-order valence-electron chi connectivity index (χ3n) is 2.75. The van der Waals surface area contributed by atoms with Crippen LogP contribution in [0.2, 0.25) is 0 Å². The van der Waals surface area contributed by atoms with Crippen molar-refractivity contribution in [3.8, 4) is 0 Å². The van der Waals surface area contributed by atoms with Gasteiger partial charge in [-0.1, -0.05) is 13.0 Å². The molecule has 1 aromatic heterocycles. The summed E-state index contributed by atoms with van der Waals surface area (Å²) in [5, 5.41) is 3.44. The number of aromatic nitrogens is 1. The van der Waals surface area contributed by atoms with Crippen LogP contribution in [0.3, 0.4) is 0 Å². The van der Waals surface area contributed by atoms with E-state index in [9.17, 15) is 0 Å². The Kier molecular flexibility index (Phi) is 5.76. The standard InChI is InChI=1S/C15H26N2O/c1-6-12(2)18-11-14-9-7-8-13(17-14)10-16-15(3,4)5/h7-9,12,16H,6,10-11H2,1-5H3. The predicted molar refractivity (Wildman–Crippen MR) is 75.4 cm³/mol. The minimum Gasteiger partial charge on any atom is -0.372 e. The molecule has 1 heterocycles. The van der Waals surface area contributed by atoms with Gasteiger partial charge in [0.15, 0.2) is 0 Å². The van der Waals surface area contributed by atoms with Crippen molar-refractivity contribution in [1.29, 1.82) is 0 Å². The van der Waals surface area contributed by atoms with Crippen LogP contribution in [-0.4, -0.2) is 16.6 Å². The number of hydrogen-bond acceptors (Lipinski definition) is 3. The third-order valence-corrected chi connectivity index (χ3v) is 2.75. The third kappa shape index (κ3) is 6.12. The second kappa shape index (κ2) is 6.86. The zero-order valence-electron chi connectivity index (χ0n) is 12.3. The highest BCUT2D eigenvalue weighted by Gasteiger charge is 2.09. The molecule has 102 valence electrons. The Balaban J connectivity index is 2.51. The van der Waals surface area contributed by atoms with Crippen molar-refractivity contribution in [2.45, 2.75) is 65.8 Å². The van der Waals surface area contributed by atoms with E-state index in [2.05, 4.69) is 44.9 Å². The number of ether oxygens (including phenoxy) is 1. The van der Waals surface area contributed by atoms with Crippen LogP contribution in [0.4, 0.5) is 0 Å². The van der Waals surface area contributed by atoms with Crippen molar-refractivity contribution in [2.24, 2.45) is 0 Å². The lowest BCUT2D eigenvalue weighted by atomic mass is 10.1. The molecule has 0 aliphatic carbocycles. The summed E-state index contributed by atoms with van der Waals surface area (Å²) in [6.45, 7) is 12.1. The monoisotopic (exact) mass is 250 g/mol. The van der Waals surface area contributed by atoms with Crippen LogP contribution in [0.25, 0.3) is 0 Å². The molecule has 1 N–H and O–H groups in total. The summed E-state index contributed by atoms with van der Waals surface area (Å²) in [4.78, 5) is 4.59. The van der Waals surface area contributed by atoms with Gasteiger partial charge in [-0.2, -0.15) is 0 Å². The highest BCUT2D eigenvalue weighted by atomic mass is 16.5. The number of nitrogens with zero attached hydrogens (tertiary/aromatic N) is 1. The van der Waals surface area contributed by atoms with Crippen LogP contribution in [0.15, 0.2) is 18.2 Å². The van der Waals surface area contributed by atoms with Crippen LogP contribution in [0, 0.1) is 0 Å². The summed E-state index contributed by atoms with van der Waals surface area (Å²) in [7, 11) is 0. The Hall–Kier alpha value is -0.930. The summed E-state index contributed by atoms with van der Waals surface area (Å²) in [5.41, 5.74) is 2.18. The fourth-order valence-corrected chi connectivity index (χ4v) is 1.41. The van der Waals surface area contributed by atoms with Crippen LogP contribution in [0.5, 0.6) is 0 Å². The highest BCUT2D eigenvalue weighted by Crippen LogP contribution is 2.06. The van der Waals surface area contributed by atoms with Gasteiger partial charge < -0.3 is 10.1 Å². The van der Waals surface area contributed by atoms with Gasteiger partial charge in [-0.05, 0) is 46.2 Å². The number of hydrogen-bond donors (Lipinski definition) is 1. The first kappa shape index (κ1) is 15.1. The molecule has 0 saturated heterocycles. The summed E-state index contributed by atoms with van der Waals surface area (Å²) < 4.78 is 5.69. The van der Waals surface area contributed by atoms with Gasteiger partial charge in [-0.3, -0.25) is 4.98 Å². The zero-order chi connectivity index (χ0) is 13.6. The fourth-order valence-electron chi connectivity index (χ4n) is 1.41. The Bertz CT molecular complexity index is 358. The van der Waals surface area contributed by atoms with Gasteiger partial charge >= 0.3 is 0 Å². The van der Waals surface area contributed by atoms with Gasteiger partial charge in [-0.15, -0.1) is 0 Å². The largest absolute Gasteiger partial charge is 0.372 e. The maximum Gasteiger partial charge on any atom is 0.0891 e. The molecule has 0 aliphatic rings. The molecule has 3 nitrogen and oxygen atoms in total. The lowest BCUT2D eigenvalue weighted by Crippen LogP contribution is -2.35. The molecule has 3 heteroatoms. The van der Waals surface area contributed by atoms with Gasteiger partial charge in [0.25, 0.3) is 0 Å². The molecular formula is C15H26N2O. The molecule has 1 atom stereocenters. The van der Waals surface area contributed by atoms with Gasteiger partial charge in [0, 0.05) is 12.1 Å². The first-order valence-electron chi connectivity index (χ1n) is 6.72. The van der Waals surface area contributed by atoms with E-state index < -0.39 is 0 Å². The predicted octanol–water partition coefficient (Wildman–Crippen LogP) is 3.28. The highest BCUT2D eigenvalue weighted by molar-refractivity contribution is 5.10. The van der Waals surface area contributed by atoms with Crippen LogP contribution >= 0.6 is 0 Å². The van der Waals surface area contributed by atoms with Crippen molar-refractivity contribution < 1.29 is 4.74 Å². The minimum absolute atomic E-state index is 0.116. The van der Waals surface area contributed by atoms with Gasteiger partial charge in [0.1, 0.15) is 0 Å². The van der Waals surface area contributed by atoms with Crippen molar-refractivity contribution in [2.75, 3.05) is 0 Å². The van der Waals surface area contributed by atoms with E-state index in [1.807, 2.05) is 18.2 Å². The van der Waals surface area contributed by atoms with E-state index in [1.165, 1.54) is 0 Å². The molecule has 0 amide bonds. The van der Waals surface area contributed by atoms with Crippen molar-refractivity contribution in [1.82, 2.24) is 10.3 Å². The van der Waals surface area contributed by atoms with Crippen LogP contribution in [-0.2, 0) is 17.9 Å². The van der Waals surface area contributed by atoms with Gasteiger partial charge in [0.05, 0.1) is 24.1 Å². The number of pyridine rings is 1. The first-order chi connectivity index (χ1) is 8.40. The van der Waals surface area contributed by atoms with Crippen LogP contribution in [0.1, 0.15) is 52.4 Å². The summed E-state index contributed by atoms with van der Waals surface area (Å²) in [6, 6.07) is 6.11. The Morgan fingerprint density at radius 2 is 1.94 bits per heavy atom. The maximum atomic E-state index is 5.69. The summed E-state index contributed by atoms with van der Waals surface area (Å²) in [6.07, 6.45) is 1.33. The van der Waals surface area contributed by atoms with E-state index in [-0.39, 0.29) is 5.54 Å². The SMILES string of the molecule is CCC(C)OCc1cccc(CNC(C)(C)C)n1. The summed E-state index contributed by atoms with van der Waals surface area (Å²) in [5.74, 6) is 0. The topological polar surface area (TPSA) is 34.1 Å². The van der Waals surface area contributed by atoms with Gasteiger partial charge in [0.2, 0.25) is 0 Å². The Morgan fingerprint density at radius 3 is 2.56 bits per heavy atom. The van der Waals surface area contributed by atoms with E-state index in [4.69, 9.17) is 4.74 Å². The van der Waals surface area contributed by atoms with Crippen LogP contribution < -0.4 is 5.32 Å². The average Bonchev–Trinajstić information content (AvgIpc) is 2.33. The number of rotatable bonds is 6. The number of nitrogens with one attached hydrogen (secondary N) is 1. The second-order valence-electron chi connectivity index (χ2n) is 5.75. The lowest BCUT2D eigenvalue weighted by Gasteiger charge is -2.20. The molecule has 0 bridgehead atoms. The quantitative estimate of drug-likeness (QED) is 0.841. The molecule has 1 rings (SSSR count). The molecule has 1 aromatic rings. The molecule has 0 fully saturated rings. The molecule has 18 heavy (non-hydrogen) atoms. The lowest BCUT2D eigenvalue weighted by molar-refractivity contribution is 0.0488. The second-order valence-corrected chi connectivity index (χ2v) is 5.75. The molecule has 0 radical (unpaired) electrons. The molecule has 0 aromatic carbocycles. The average molecular weight is 250 g/mol. The zero-order valence-corrected chi connectivity index (χ0v) is 12.3. The molecule has 0 aliphatic heterocycles. The molecular weight excluding hydrogens is 224 g/mol. The Morgan fingerprint density at radius 1 is 1.28 bits per heavy atom. The van der Waals surface area contributed by atoms with E-state index in [0.717, 1.165) is 24.4 Å². The van der Waals surface area contributed by atoms with Crippen molar-refractivity contribution in [3.63, 3.8) is 0 Å². The molecule has 0 saturated carbocycles. The minimum atomic E-state index is 0.116. The summed E-state index contributed by atoms with van der Waals surface area (Å²) >= 11 is 0. The normalized spacial score (nSPS) is 13.6. The molecule has 1 unspecified atom stereocenters.